The molecule has 0 aliphatic heterocycles. The monoisotopic (exact) mass is 288 g/mol. The molecule has 2 fully saturated rings. The summed E-state index contributed by atoms with van der Waals surface area (Å²) in [7, 11) is 0. The van der Waals surface area contributed by atoms with Crippen molar-refractivity contribution in [2.45, 2.75) is 57.5 Å². The van der Waals surface area contributed by atoms with Crippen LogP contribution in [0.15, 0.2) is 18.2 Å². The van der Waals surface area contributed by atoms with E-state index in [1.54, 1.807) is 19.1 Å². The number of rotatable bonds is 4. The van der Waals surface area contributed by atoms with E-state index >= 15 is 0 Å². The van der Waals surface area contributed by atoms with Crippen LogP contribution in [0.2, 0.25) is 0 Å². The van der Waals surface area contributed by atoms with Crippen molar-refractivity contribution in [1.29, 1.82) is 0 Å². The Labute approximate surface area is 124 Å². The van der Waals surface area contributed by atoms with Crippen molar-refractivity contribution in [2.75, 3.05) is 0 Å². The fraction of sp³-hybridized carbons (Fsp3) is 0.562. The zero-order valence-electron chi connectivity index (χ0n) is 12.2. The van der Waals surface area contributed by atoms with Crippen LogP contribution >= 0.6 is 0 Å². The first-order valence-corrected chi connectivity index (χ1v) is 7.65. The number of benzene rings is 1. The summed E-state index contributed by atoms with van der Waals surface area (Å²) in [6.45, 7) is 1.69. The molecule has 0 N–H and O–H groups in total. The number of carbonyl (C=O) groups excluding carboxylic acids is 1. The molecule has 112 valence electrons. The SMILES string of the molecule is Cc1cc(C(=O)N(C2CCCC2)C2CC2)ccc1[N+](=O)[O-]. The number of nitro groups is 1. The van der Waals surface area contributed by atoms with E-state index in [1.165, 1.54) is 18.9 Å². The standard InChI is InChI=1S/C16H20N2O3/c1-11-10-12(6-9-15(11)18(20)21)16(19)17(14-7-8-14)13-4-2-3-5-13/h6,9-10,13-14H,2-5,7-8H2,1H3. The molecule has 5 nitrogen and oxygen atoms in total. The number of nitrogens with zero attached hydrogens (tertiary/aromatic N) is 2. The summed E-state index contributed by atoms with van der Waals surface area (Å²) in [5.41, 5.74) is 1.20. The summed E-state index contributed by atoms with van der Waals surface area (Å²) in [5, 5.41) is 10.9. The van der Waals surface area contributed by atoms with Gasteiger partial charge in [-0.15, -0.1) is 0 Å². The molecule has 5 heteroatoms. The Morgan fingerprint density at radius 1 is 1.19 bits per heavy atom. The van der Waals surface area contributed by atoms with Crippen molar-refractivity contribution >= 4 is 11.6 Å². The number of amides is 1. The van der Waals surface area contributed by atoms with E-state index in [-0.39, 0.29) is 11.6 Å². The molecule has 0 aromatic heterocycles. The molecule has 3 rings (SSSR count). The summed E-state index contributed by atoms with van der Waals surface area (Å²) in [6, 6.07) is 5.45. The Balaban J connectivity index is 1.85. The first-order chi connectivity index (χ1) is 10.1. The van der Waals surface area contributed by atoms with E-state index in [9.17, 15) is 14.9 Å². The molecule has 0 radical (unpaired) electrons. The van der Waals surface area contributed by atoms with E-state index in [2.05, 4.69) is 0 Å². The maximum Gasteiger partial charge on any atom is 0.272 e. The maximum atomic E-state index is 12.8. The summed E-state index contributed by atoms with van der Waals surface area (Å²) in [4.78, 5) is 25.3. The van der Waals surface area contributed by atoms with Gasteiger partial charge in [0.15, 0.2) is 0 Å². The Hall–Kier alpha value is -1.91. The Morgan fingerprint density at radius 3 is 2.33 bits per heavy atom. The first-order valence-electron chi connectivity index (χ1n) is 7.65. The minimum Gasteiger partial charge on any atom is -0.333 e. The fourth-order valence-electron chi connectivity index (χ4n) is 3.31. The van der Waals surface area contributed by atoms with E-state index in [0.29, 0.717) is 23.2 Å². The van der Waals surface area contributed by atoms with Crippen LogP contribution in [0.3, 0.4) is 0 Å². The fourth-order valence-corrected chi connectivity index (χ4v) is 3.31. The Bertz CT molecular complexity index is 575. The van der Waals surface area contributed by atoms with Gasteiger partial charge in [-0.2, -0.15) is 0 Å². The number of hydrogen-bond donors (Lipinski definition) is 0. The molecule has 1 aromatic rings. The summed E-state index contributed by atoms with van der Waals surface area (Å²) in [6.07, 6.45) is 6.76. The van der Waals surface area contributed by atoms with Gasteiger partial charge in [0, 0.05) is 29.3 Å². The van der Waals surface area contributed by atoms with Crippen molar-refractivity contribution in [3.8, 4) is 0 Å². The number of carbonyl (C=O) groups is 1. The molecule has 1 aromatic carbocycles. The van der Waals surface area contributed by atoms with Gasteiger partial charge in [0.1, 0.15) is 0 Å². The molecule has 0 bridgehead atoms. The highest BCUT2D eigenvalue weighted by Crippen LogP contribution is 2.35. The third-order valence-electron chi connectivity index (χ3n) is 4.53. The second-order valence-electron chi connectivity index (χ2n) is 6.14. The van der Waals surface area contributed by atoms with Crippen LogP contribution in [-0.2, 0) is 0 Å². The van der Waals surface area contributed by atoms with Crippen molar-refractivity contribution in [2.24, 2.45) is 0 Å². The lowest BCUT2D eigenvalue weighted by Crippen LogP contribution is -2.40. The smallest absolute Gasteiger partial charge is 0.272 e. The number of hydrogen-bond acceptors (Lipinski definition) is 3. The van der Waals surface area contributed by atoms with Crippen molar-refractivity contribution in [1.82, 2.24) is 4.90 Å². The summed E-state index contributed by atoms with van der Waals surface area (Å²) in [5.74, 6) is 0.0439. The van der Waals surface area contributed by atoms with Crippen LogP contribution in [0, 0.1) is 17.0 Å². The van der Waals surface area contributed by atoms with E-state index in [4.69, 9.17) is 0 Å². The minimum atomic E-state index is -0.404. The molecule has 0 heterocycles. The van der Waals surface area contributed by atoms with Gasteiger partial charge < -0.3 is 4.90 Å². The number of nitro benzene ring substituents is 1. The maximum absolute atomic E-state index is 12.8. The van der Waals surface area contributed by atoms with Gasteiger partial charge in [-0.25, -0.2) is 0 Å². The third-order valence-corrected chi connectivity index (χ3v) is 4.53. The second kappa shape index (κ2) is 5.47. The predicted molar refractivity (Wildman–Crippen MR) is 79.3 cm³/mol. The van der Waals surface area contributed by atoms with Crippen molar-refractivity contribution in [3.05, 3.63) is 39.4 Å². The molecular weight excluding hydrogens is 268 g/mol. The van der Waals surface area contributed by atoms with E-state index in [1.807, 2.05) is 4.90 Å². The van der Waals surface area contributed by atoms with Crippen LogP contribution in [-0.4, -0.2) is 27.8 Å². The highest BCUT2D eigenvalue weighted by atomic mass is 16.6. The number of aryl methyl sites for hydroxylation is 1. The molecule has 21 heavy (non-hydrogen) atoms. The third kappa shape index (κ3) is 2.77. The van der Waals surface area contributed by atoms with E-state index < -0.39 is 4.92 Å². The topological polar surface area (TPSA) is 63.5 Å². The zero-order valence-corrected chi connectivity index (χ0v) is 12.2. The summed E-state index contributed by atoms with van der Waals surface area (Å²) < 4.78 is 0. The molecule has 0 atom stereocenters. The van der Waals surface area contributed by atoms with Crippen LogP contribution in [0.1, 0.15) is 54.4 Å². The van der Waals surface area contributed by atoms with Crippen LogP contribution in [0.25, 0.3) is 0 Å². The Morgan fingerprint density at radius 2 is 1.81 bits per heavy atom. The molecule has 0 spiro atoms. The van der Waals surface area contributed by atoms with Gasteiger partial charge in [0.05, 0.1) is 4.92 Å². The van der Waals surface area contributed by atoms with Crippen molar-refractivity contribution < 1.29 is 9.72 Å². The van der Waals surface area contributed by atoms with Gasteiger partial charge in [0.25, 0.3) is 11.6 Å². The summed E-state index contributed by atoms with van der Waals surface area (Å²) >= 11 is 0. The molecule has 1 amide bonds. The normalized spacial score (nSPS) is 18.7. The van der Waals surface area contributed by atoms with Crippen LogP contribution in [0.4, 0.5) is 5.69 Å². The average Bonchev–Trinajstić information content (AvgIpc) is 3.13. The highest BCUT2D eigenvalue weighted by Gasteiger charge is 2.38. The van der Waals surface area contributed by atoms with Gasteiger partial charge in [0.2, 0.25) is 0 Å². The highest BCUT2D eigenvalue weighted by molar-refractivity contribution is 5.95. The lowest BCUT2D eigenvalue weighted by Gasteiger charge is -2.29. The van der Waals surface area contributed by atoms with Gasteiger partial charge in [-0.1, -0.05) is 12.8 Å². The van der Waals surface area contributed by atoms with Gasteiger partial charge >= 0.3 is 0 Å². The molecular formula is C16H20N2O3. The minimum absolute atomic E-state index is 0.0439. The quantitative estimate of drug-likeness (QED) is 0.629. The lowest BCUT2D eigenvalue weighted by molar-refractivity contribution is -0.385. The van der Waals surface area contributed by atoms with Gasteiger partial charge in [-0.3, -0.25) is 14.9 Å². The zero-order chi connectivity index (χ0) is 15.0. The Kier molecular flexibility index (Phi) is 3.66. The van der Waals surface area contributed by atoms with Gasteiger partial charge in [-0.05, 0) is 44.7 Å². The van der Waals surface area contributed by atoms with Crippen molar-refractivity contribution in [3.63, 3.8) is 0 Å². The largest absolute Gasteiger partial charge is 0.333 e. The second-order valence-corrected chi connectivity index (χ2v) is 6.14. The molecule has 2 aliphatic carbocycles. The van der Waals surface area contributed by atoms with E-state index in [0.717, 1.165) is 25.7 Å². The first kappa shape index (κ1) is 14.0. The molecule has 2 aliphatic rings. The molecule has 0 unspecified atom stereocenters. The molecule has 2 saturated carbocycles. The lowest BCUT2D eigenvalue weighted by atomic mass is 10.1. The molecule has 0 saturated heterocycles. The predicted octanol–water partition coefficient (Wildman–Crippen LogP) is 3.45. The van der Waals surface area contributed by atoms with Crippen LogP contribution < -0.4 is 0 Å². The van der Waals surface area contributed by atoms with Crippen LogP contribution in [0.5, 0.6) is 0 Å². The average molecular weight is 288 g/mol.